The van der Waals surface area contributed by atoms with Crippen LogP contribution in [0.1, 0.15) is 31.2 Å². The number of nitrogens with zero attached hydrogens (tertiary/aromatic N) is 1. The quantitative estimate of drug-likeness (QED) is 0.865. The van der Waals surface area contributed by atoms with Gasteiger partial charge in [-0.2, -0.15) is 0 Å². The van der Waals surface area contributed by atoms with Gasteiger partial charge in [-0.25, -0.2) is 0 Å². The van der Waals surface area contributed by atoms with Crippen molar-refractivity contribution in [1.82, 2.24) is 4.90 Å². The minimum Gasteiger partial charge on any atom is -0.396 e. The maximum absolute atomic E-state index is 9.16. The van der Waals surface area contributed by atoms with Crippen molar-refractivity contribution in [3.63, 3.8) is 0 Å². The van der Waals surface area contributed by atoms with E-state index in [0.717, 1.165) is 30.0 Å². The molecule has 1 aromatic rings. The zero-order valence-corrected chi connectivity index (χ0v) is 12.7. The van der Waals surface area contributed by atoms with Crippen LogP contribution in [0.25, 0.3) is 0 Å². The number of aliphatic hydroxyl groups excluding tert-OH is 1. The molecule has 1 aliphatic rings. The maximum Gasteiger partial charge on any atom is 0.0605 e. The van der Waals surface area contributed by atoms with Crippen LogP contribution in [0.4, 0.5) is 0 Å². The second-order valence-corrected chi connectivity index (χ2v) is 6.02. The van der Waals surface area contributed by atoms with Gasteiger partial charge in [-0.3, -0.25) is 4.90 Å². The number of aliphatic hydroxyl groups is 1. The first-order valence-electron chi connectivity index (χ1n) is 7.24. The van der Waals surface area contributed by atoms with Gasteiger partial charge >= 0.3 is 0 Å². The van der Waals surface area contributed by atoms with Crippen molar-refractivity contribution in [1.29, 1.82) is 0 Å². The topological polar surface area (TPSA) is 23.5 Å². The lowest BCUT2D eigenvalue weighted by atomic mass is 9.86. The largest absolute Gasteiger partial charge is 0.396 e. The normalized spacial score (nSPS) is 22.4. The minimum atomic E-state index is 0.338. The van der Waals surface area contributed by atoms with Crippen LogP contribution in [0.2, 0.25) is 5.02 Å². The summed E-state index contributed by atoms with van der Waals surface area (Å²) < 4.78 is 0. The SMILES string of the molecule is CN(CC#Cc1cccc(Cl)c1)C1CCC(CO)CC1. The molecule has 0 aromatic heterocycles. The van der Waals surface area contributed by atoms with E-state index < -0.39 is 0 Å². The van der Waals surface area contributed by atoms with Crippen molar-refractivity contribution in [2.24, 2.45) is 5.92 Å². The number of hydrogen-bond donors (Lipinski definition) is 1. The van der Waals surface area contributed by atoms with E-state index in [2.05, 4.69) is 23.8 Å². The second kappa shape index (κ2) is 7.69. The molecule has 0 saturated heterocycles. The first-order valence-corrected chi connectivity index (χ1v) is 7.62. The van der Waals surface area contributed by atoms with Gasteiger partial charge in [-0.15, -0.1) is 0 Å². The van der Waals surface area contributed by atoms with E-state index in [1.54, 1.807) is 0 Å². The molecule has 108 valence electrons. The summed E-state index contributed by atoms with van der Waals surface area (Å²) in [6.45, 7) is 1.12. The van der Waals surface area contributed by atoms with Crippen LogP contribution >= 0.6 is 11.6 Å². The minimum absolute atomic E-state index is 0.338. The van der Waals surface area contributed by atoms with Gasteiger partial charge in [-0.05, 0) is 56.8 Å². The van der Waals surface area contributed by atoms with Crippen LogP contribution in [0, 0.1) is 17.8 Å². The lowest BCUT2D eigenvalue weighted by Crippen LogP contribution is -2.35. The molecule has 0 amide bonds. The van der Waals surface area contributed by atoms with Gasteiger partial charge in [0.15, 0.2) is 0 Å². The molecule has 0 unspecified atom stereocenters. The summed E-state index contributed by atoms with van der Waals surface area (Å²) in [5.41, 5.74) is 0.967. The Morgan fingerprint density at radius 3 is 2.70 bits per heavy atom. The van der Waals surface area contributed by atoms with Crippen molar-refractivity contribution in [3.05, 3.63) is 34.9 Å². The molecular weight excluding hydrogens is 270 g/mol. The summed E-state index contributed by atoms with van der Waals surface area (Å²) in [6, 6.07) is 8.25. The highest BCUT2D eigenvalue weighted by atomic mass is 35.5. The van der Waals surface area contributed by atoms with Gasteiger partial charge < -0.3 is 5.11 Å². The van der Waals surface area contributed by atoms with E-state index in [1.807, 2.05) is 24.3 Å². The van der Waals surface area contributed by atoms with Crippen LogP contribution in [0.3, 0.4) is 0 Å². The summed E-state index contributed by atoms with van der Waals surface area (Å²) in [6.07, 6.45) is 4.60. The maximum atomic E-state index is 9.16. The standard InChI is InChI=1S/C17H22ClNO/c1-19(17-9-7-15(13-20)8-10-17)11-3-5-14-4-2-6-16(18)12-14/h2,4,6,12,15,17,20H,7-11,13H2,1H3. The third-order valence-electron chi connectivity index (χ3n) is 4.08. The highest BCUT2D eigenvalue weighted by molar-refractivity contribution is 6.30. The predicted molar refractivity (Wildman–Crippen MR) is 83.8 cm³/mol. The number of halogens is 1. The van der Waals surface area contributed by atoms with Crippen molar-refractivity contribution < 1.29 is 5.11 Å². The molecule has 1 aromatic carbocycles. The van der Waals surface area contributed by atoms with Gasteiger partial charge in [0.25, 0.3) is 0 Å². The average Bonchev–Trinajstić information content (AvgIpc) is 2.47. The van der Waals surface area contributed by atoms with Crippen molar-refractivity contribution in [2.75, 3.05) is 20.2 Å². The lowest BCUT2D eigenvalue weighted by molar-refractivity contribution is 0.135. The molecule has 1 aliphatic carbocycles. The highest BCUT2D eigenvalue weighted by Gasteiger charge is 2.22. The molecule has 0 atom stereocenters. The third kappa shape index (κ3) is 4.52. The molecule has 0 bridgehead atoms. The molecule has 3 heteroatoms. The van der Waals surface area contributed by atoms with Crippen LogP contribution in [-0.4, -0.2) is 36.2 Å². The molecule has 1 saturated carbocycles. The summed E-state index contributed by atoms with van der Waals surface area (Å²) in [5, 5.41) is 9.89. The fourth-order valence-electron chi connectivity index (χ4n) is 2.73. The third-order valence-corrected chi connectivity index (χ3v) is 4.32. The van der Waals surface area contributed by atoms with Crippen LogP contribution in [-0.2, 0) is 0 Å². The molecule has 2 rings (SSSR count). The Morgan fingerprint density at radius 1 is 1.30 bits per heavy atom. The first-order chi connectivity index (χ1) is 9.69. The Labute approximate surface area is 126 Å². The van der Waals surface area contributed by atoms with Gasteiger partial charge in [0.1, 0.15) is 0 Å². The lowest BCUT2D eigenvalue weighted by Gasteiger charge is -2.33. The fraction of sp³-hybridized carbons (Fsp3) is 0.529. The molecule has 1 fully saturated rings. The van der Waals surface area contributed by atoms with Crippen LogP contribution in [0.15, 0.2) is 24.3 Å². The molecule has 0 aliphatic heterocycles. The van der Waals surface area contributed by atoms with Crippen LogP contribution in [0.5, 0.6) is 0 Å². The van der Waals surface area contributed by atoms with Gasteiger partial charge in [0.05, 0.1) is 6.54 Å². The summed E-state index contributed by atoms with van der Waals surface area (Å²) in [7, 11) is 2.14. The summed E-state index contributed by atoms with van der Waals surface area (Å²) >= 11 is 5.94. The van der Waals surface area contributed by atoms with E-state index in [-0.39, 0.29) is 0 Å². The van der Waals surface area contributed by atoms with Crippen LogP contribution < -0.4 is 0 Å². The Kier molecular flexibility index (Phi) is 5.91. The molecule has 0 heterocycles. The second-order valence-electron chi connectivity index (χ2n) is 5.58. The number of rotatable bonds is 3. The molecule has 0 radical (unpaired) electrons. The van der Waals surface area contributed by atoms with Gasteiger partial charge in [0, 0.05) is 23.2 Å². The zero-order valence-electron chi connectivity index (χ0n) is 12.0. The van der Waals surface area contributed by atoms with E-state index in [4.69, 9.17) is 16.7 Å². The van der Waals surface area contributed by atoms with Gasteiger partial charge in [-0.1, -0.05) is 29.5 Å². The predicted octanol–water partition coefficient (Wildman–Crippen LogP) is 3.17. The molecular formula is C17H22ClNO. The summed E-state index contributed by atoms with van der Waals surface area (Å²) in [4.78, 5) is 2.32. The zero-order chi connectivity index (χ0) is 14.4. The van der Waals surface area contributed by atoms with E-state index in [1.165, 1.54) is 12.8 Å². The van der Waals surface area contributed by atoms with Crippen molar-refractivity contribution in [3.8, 4) is 11.8 Å². The van der Waals surface area contributed by atoms with Crippen molar-refractivity contribution >= 4 is 11.6 Å². The van der Waals surface area contributed by atoms with Crippen molar-refractivity contribution in [2.45, 2.75) is 31.7 Å². The first kappa shape index (κ1) is 15.4. The molecule has 1 N–H and O–H groups in total. The van der Waals surface area contributed by atoms with E-state index in [0.29, 0.717) is 18.6 Å². The van der Waals surface area contributed by atoms with E-state index >= 15 is 0 Å². The molecule has 20 heavy (non-hydrogen) atoms. The summed E-state index contributed by atoms with van der Waals surface area (Å²) in [5.74, 6) is 6.89. The number of benzene rings is 1. The molecule has 0 spiro atoms. The number of hydrogen-bond acceptors (Lipinski definition) is 2. The van der Waals surface area contributed by atoms with Gasteiger partial charge in [0.2, 0.25) is 0 Å². The fourth-order valence-corrected chi connectivity index (χ4v) is 2.92. The Morgan fingerprint density at radius 2 is 2.05 bits per heavy atom. The Bertz CT molecular complexity index is 483. The Hall–Kier alpha value is -1.01. The average molecular weight is 292 g/mol. The van der Waals surface area contributed by atoms with E-state index in [9.17, 15) is 0 Å². The monoisotopic (exact) mass is 291 g/mol. The molecule has 2 nitrogen and oxygen atoms in total. The Balaban J connectivity index is 1.82. The smallest absolute Gasteiger partial charge is 0.0605 e. The highest BCUT2D eigenvalue weighted by Crippen LogP contribution is 2.26.